The van der Waals surface area contributed by atoms with Crippen LogP contribution in [0.5, 0.6) is 0 Å². The predicted molar refractivity (Wildman–Crippen MR) is 99.3 cm³/mol. The number of hydrogen-bond donors (Lipinski definition) is 2. The molecule has 26 heavy (non-hydrogen) atoms. The molecule has 0 aromatic carbocycles. The van der Waals surface area contributed by atoms with Crippen molar-refractivity contribution in [2.45, 2.75) is 64.6 Å². The minimum Gasteiger partial charge on any atom is -0.450 e. The van der Waals surface area contributed by atoms with Crippen LogP contribution in [0.25, 0.3) is 0 Å². The molecule has 2 saturated heterocycles. The number of nitrogens with one attached hydrogen (secondary N) is 2. The molecule has 2 heterocycles. The summed E-state index contributed by atoms with van der Waals surface area (Å²) < 4.78 is 11.0. The first kappa shape index (κ1) is 20.7. The zero-order valence-electron chi connectivity index (χ0n) is 16.4. The molecule has 2 fully saturated rings. The Hall–Kier alpha value is -1.58. The van der Waals surface area contributed by atoms with Gasteiger partial charge < -0.3 is 20.1 Å². The lowest BCUT2D eigenvalue weighted by atomic mass is 9.83. The molecule has 6 nitrogen and oxygen atoms in total. The van der Waals surface area contributed by atoms with Gasteiger partial charge in [0, 0.05) is 23.7 Å². The van der Waals surface area contributed by atoms with E-state index < -0.39 is 23.1 Å². The van der Waals surface area contributed by atoms with Gasteiger partial charge in [-0.3, -0.25) is 0 Å². The lowest BCUT2D eigenvalue weighted by molar-refractivity contribution is -0.157. The van der Waals surface area contributed by atoms with Gasteiger partial charge in [0.2, 0.25) is 0 Å². The van der Waals surface area contributed by atoms with Gasteiger partial charge in [-0.25, -0.2) is 9.59 Å². The van der Waals surface area contributed by atoms with Gasteiger partial charge in [-0.05, 0) is 79.6 Å². The summed E-state index contributed by atoms with van der Waals surface area (Å²) in [5.74, 6) is 3.81. The molecule has 0 spiro atoms. The van der Waals surface area contributed by atoms with Gasteiger partial charge in [0.1, 0.15) is 11.2 Å². The summed E-state index contributed by atoms with van der Waals surface area (Å²) in [6.07, 6.45) is 3.83. The molecule has 2 aliphatic heterocycles. The molecule has 2 N–H and O–H groups in total. The molecule has 6 heteroatoms. The number of piperidine rings is 2. The van der Waals surface area contributed by atoms with Gasteiger partial charge in [-0.1, -0.05) is 0 Å². The monoisotopic (exact) mass is 364 g/mol. The zero-order valence-corrected chi connectivity index (χ0v) is 16.4. The topological polar surface area (TPSA) is 76.7 Å². The molecule has 0 aromatic rings. The highest BCUT2D eigenvalue weighted by Gasteiger charge is 2.35. The zero-order chi connectivity index (χ0) is 19.2. The Kier molecular flexibility index (Phi) is 7.08. The molecule has 0 bridgehead atoms. The summed E-state index contributed by atoms with van der Waals surface area (Å²) in [6, 6.07) is 0. The Morgan fingerprint density at radius 3 is 1.35 bits per heavy atom. The van der Waals surface area contributed by atoms with Crippen molar-refractivity contribution in [3.05, 3.63) is 0 Å². The van der Waals surface area contributed by atoms with E-state index in [4.69, 9.17) is 9.47 Å². The lowest BCUT2D eigenvalue weighted by Gasteiger charge is -2.36. The van der Waals surface area contributed by atoms with Crippen LogP contribution >= 0.6 is 0 Å². The van der Waals surface area contributed by atoms with Gasteiger partial charge in [0.15, 0.2) is 0 Å². The Balaban J connectivity index is 1.86. The SMILES string of the molecule is CC(C)(OC(=O)C#CC(=O)OC(C)(C)C1CCNCC1)C1CCNCC1. The van der Waals surface area contributed by atoms with Crippen LogP contribution in [0.4, 0.5) is 0 Å². The van der Waals surface area contributed by atoms with E-state index in [1.807, 2.05) is 27.7 Å². The number of carbonyl (C=O) groups is 2. The van der Waals surface area contributed by atoms with E-state index in [9.17, 15) is 9.59 Å². The van der Waals surface area contributed by atoms with Crippen LogP contribution in [-0.4, -0.2) is 49.3 Å². The minimum atomic E-state index is -0.676. The van der Waals surface area contributed by atoms with E-state index >= 15 is 0 Å². The van der Waals surface area contributed by atoms with Gasteiger partial charge in [-0.2, -0.15) is 0 Å². The average Bonchev–Trinajstić information content (AvgIpc) is 2.61. The molecule has 146 valence electrons. The minimum absolute atomic E-state index is 0.292. The first-order valence-corrected chi connectivity index (χ1v) is 9.60. The summed E-state index contributed by atoms with van der Waals surface area (Å²) in [5.41, 5.74) is -1.18. The van der Waals surface area contributed by atoms with E-state index in [-0.39, 0.29) is 0 Å². The van der Waals surface area contributed by atoms with Crippen LogP contribution in [0.15, 0.2) is 0 Å². The molecular formula is C20H32N2O4. The van der Waals surface area contributed by atoms with Crippen molar-refractivity contribution in [2.24, 2.45) is 11.8 Å². The number of hydrogen-bond acceptors (Lipinski definition) is 6. The second-order valence-electron chi connectivity index (χ2n) is 8.28. The van der Waals surface area contributed by atoms with Crippen molar-refractivity contribution in [3.8, 4) is 11.8 Å². The summed E-state index contributed by atoms with van der Waals surface area (Å²) in [5, 5.41) is 6.59. The lowest BCUT2D eigenvalue weighted by Crippen LogP contribution is -2.43. The Morgan fingerprint density at radius 2 is 1.04 bits per heavy atom. The van der Waals surface area contributed by atoms with Crippen molar-refractivity contribution in [1.29, 1.82) is 0 Å². The fourth-order valence-electron chi connectivity index (χ4n) is 3.83. The summed E-state index contributed by atoms with van der Waals surface area (Å²) in [6.45, 7) is 11.3. The number of rotatable bonds is 4. The van der Waals surface area contributed by atoms with Crippen molar-refractivity contribution < 1.29 is 19.1 Å². The largest absolute Gasteiger partial charge is 0.450 e. The number of ether oxygens (including phenoxy) is 2. The van der Waals surface area contributed by atoms with Crippen LogP contribution in [0.1, 0.15) is 53.4 Å². The maximum absolute atomic E-state index is 12.0. The van der Waals surface area contributed by atoms with Crippen LogP contribution in [0.3, 0.4) is 0 Å². The highest BCUT2D eigenvalue weighted by molar-refractivity contribution is 5.98. The number of carbonyl (C=O) groups excluding carboxylic acids is 2. The quantitative estimate of drug-likeness (QED) is 0.449. The highest BCUT2D eigenvalue weighted by atomic mass is 16.6. The molecule has 0 radical (unpaired) electrons. The summed E-state index contributed by atoms with van der Waals surface area (Å²) in [7, 11) is 0. The molecule has 0 atom stereocenters. The average molecular weight is 364 g/mol. The number of esters is 2. The Bertz CT molecular complexity index is 514. The van der Waals surface area contributed by atoms with E-state index in [1.165, 1.54) is 0 Å². The van der Waals surface area contributed by atoms with Crippen molar-refractivity contribution >= 4 is 11.9 Å². The fourth-order valence-corrected chi connectivity index (χ4v) is 3.83. The third-order valence-corrected chi connectivity index (χ3v) is 5.62. The molecular weight excluding hydrogens is 332 g/mol. The first-order chi connectivity index (χ1) is 12.2. The highest BCUT2D eigenvalue weighted by Crippen LogP contribution is 2.30. The van der Waals surface area contributed by atoms with Crippen LogP contribution in [-0.2, 0) is 19.1 Å². The second kappa shape index (κ2) is 8.88. The van der Waals surface area contributed by atoms with E-state index in [0.717, 1.165) is 51.9 Å². The van der Waals surface area contributed by atoms with Crippen LogP contribution in [0, 0.1) is 23.7 Å². The molecule has 2 aliphatic rings. The van der Waals surface area contributed by atoms with Crippen molar-refractivity contribution in [2.75, 3.05) is 26.2 Å². The second-order valence-corrected chi connectivity index (χ2v) is 8.28. The molecule has 0 saturated carbocycles. The third kappa shape index (κ3) is 6.00. The van der Waals surface area contributed by atoms with Gasteiger partial charge in [0.25, 0.3) is 0 Å². The van der Waals surface area contributed by atoms with Crippen LogP contribution in [0.2, 0.25) is 0 Å². The standard InChI is InChI=1S/C20H32N2O4/c1-19(2,15-7-11-21-12-8-15)25-17(23)5-6-18(24)26-20(3,4)16-9-13-22-14-10-16/h15-16,21-22H,7-14H2,1-4H3. The van der Waals surface area contributed by atoms with E-state index in [2.05, 4.69) is 22.5 Å². The first-order valence-electron chi connectivity index (χ1n) is 9.60. The normalized spacial score (nSPS) is 20.0. The van der Waals surface area contributed by atoms with E-state index in [0.29, 0.717) is 11.8 Å². The van der Waals surface area contributed by atoms with E-state index in [1.54, 1.807) is 0 Å². The Morgan fingerprint density at radius 1 is 0.731 bits per heavy atom. The Labute approximate surface area is 156 Å². The fraction of sp³-hybridized carbons (Fsp3) is 0.800. The van der Waals surface area contributed by atoms with Crippen molar-refractivity contribution in [1.82, 2.24) is 10.6 Å². The van der Waals surface area contributed by atoms with Gasteiger partial charge in [-0.15, -0.1) is 0 Å². The molecule has 0 aromatic heterocycles. The molecule has 0 unspecified atom stereocenters. The summed E-state index contributed by atoms with van der Waals surface area (Å²) in [4.78, 5) is 24.1. The predicted octanol–water partition coefficient (Wildman–Crippen LogP) is 1.63. The molecule has 2 rings (SSSR count). The maximum Gasteiger partial charge on any atom is 0.385 e. The van der Waals surface area contributed by atoms with Gasteiger partial charge in [0.05, 0.1) is 0 Å². The smallest absolute Gasteiger partial charge is 0.385 e. The maximum atomic E-state index is 12.0. The molecule has 0 aliphatic carbocycles. The van der Waals surface area contributed by atoms with Crippen molar-refractivity contribution in [3.63, 3.8) is 0 Å². The third-order valence-electron chi connectivity index (χ3n) is 5.62. The molecule has 0 amide bonds. The van der Waals surface area contributed by atoms with Gasteiger partial charge >= 0.3 is 11.9 Å². The summed E-state index contributed by atoms with van der Waals surface area (Å²) >= 11 is 0. The van der Waals surface area contributed by atoms with Crippen LogP contribution < -0.4 is 10.6 Å².